The lowest BCUT2D eigenvalue weighted by molar-refractivity contribution is 0.0944. The van der Waals surface area contributed by atoms with Crippen LogP contribution in [0.3, 0.4) is 0 Å². The molecule has 0 radical (unpaired) electrons. The third-order valence-electron chi connectivity index (χ3n) is 6.40. The quantitative estimate of drug-likeness (QED) is 0.241. The number of halogens is 1. The summed E-state index contributed by atoms with van der Waals surface area (Å²) < 4.78 is 30.6. The molecule has 4 aromatic rings. The Morgan fingerprint density at radius 2 is 1.51 bits per heavy atom. The van der Waals surface area contributed by atoms with Gasteiger partial charge in [-0.05, 0) is 42.3 Å². The number of aliphatic imine (C=N–C) groups is 1. The first-order valence-corrected chi connectivity index (χ1v) is 14.1. The Bertz CT molecular complexity index is 1550. The molecule has 0 spiro atoms. The topological polar surface area (TPSA) is 66.8 Å². The molecule has 0 bridgehead atoms. The summed E-state index contributed by atoms with van der Waals surface area (Å²) in [6, 6.07) is 31.0. The van der Waals surface area contributed by atoms with E-state index >= 15 is 0 Å². The number of aryl methyl sites for hydroxylation is 1. The molecule has 0 fully saturated rings. The number of ketones is 1. The molecule has 0 saturated carbocycles. The second kappa shape index (κ2) is 10.4. The highest BCUT2D eigenvalue weighted by atomic mass is 79.9. The number of benzene rings is 4. The number of amidine groups is 1. The van der Waals surface area contributed by atoms with E-state index in [1.54, 1.807) is 42.5 Å². The number of nitrogens with zero attached hydrogens (tertiary/aromatic N) is 2. The first kappa shape index (κ1) is 25.1. The maximum Gasteiger partial charge on any atom is 0.265 e. The maximum absolute atomic E-state index is 14.2. The molecule has 1 heterocycles. The molecule has 0 saturated heterocycles. The number of sulfonamides is 1. The molecule has 0 amide bonds. The highest BCUT2D eigenvalue weighted by Crippen LogP contribution is 2.39. The van der Waals surface area contributed by atoms with Crippen LogP contribution in [0.15, 0.2) is 124 Å². The highest BCUT2D eigenvalue weighted by Gasteiger charge is 2.47. The summed E-state index contributed by atoms with van der Waals surface area (Å²) in [5.41, 5.74) is 3.05. The Balaban J connectivity index is 1.68. The van der Waals surface area contributed by atoms with Gasteiger partial charge in [0.2, 0.25) is 0 Å². The molecule has 2 atom stereocenters. The molecular weight excluding hydrogens is 548 g/mol. The van der Waals surface area contributed by atoms with Crippen molar-refractivity contribution in [2.24, 2.45) is 4.99 Å². The van der Waals surface area contributed by atoms with Gasteiger partial charge in [-0.15, -0.1) is 0 Å². The van der Waals surface area contributed by atoms with E-state index in [0.717, 1.165) is 15.6 Å². The van der Waals surface area contributed by atoms with Crippen molar-refractivity contribution in [1.82, 2.24) is 4.31 Å². The number of carbonyl (C=O) groups excluding carboxylic acids is 1. The SMILES string of the molecule is Cc1ccc(S(=O)(=O)N2C(Cc3ccccc3)=N[C@H](C(=O)c3cccc(Br)c3)[C@H]2c2ccccc2)cc1. The Morgan fingerprint density at radius 1 is 0.865 bits per heavy atom. The Kier molecular flexibility index (Phi) is 7.09. The molecule has 0 N–H and O–H groups in total. The predicted molar refractivity (Wildman–Crippen MR) is 149 cm³/mol. The van der Waals surface area contributed by atoms with Crippen LogP contribution in [0.1, 0.15) is 33.1 Å². The fraction of sp³-hybridized carbons (Fsp3) is 0.133. The molecular formula is C30H25BrN2O3S. The van der Waals surface area contributed by atoms with Gasteiger partial charge < -0.3 is 0 Å². The van der Waals surface area contributed by atoms with E-state index in [-0.39, 0.29) is 17.1 Å². The summed E-state index contributed by atoms with van der Waals surface area (Å²) in [7, 11) is -4.04. The summed E-state index contributed by atoms with van der Waals surface area (Å²) in [5.74, 6) is 0.108. The minimum Gasteiger partial charge on any atom is -0.292 e. The zero-order valence-corrected chi connectivity index (χ0v) is 22.6. The van der Waals surface area contributed by atoms with Gasteiger partial charge in [-0.1, -0.05) is 106 Å². The van der Waals surface area contributed by atoms with E-state index in [4.69, 9.17) is 4.99 Å². The molecule has 0 unspecified atom stereocenters. The van der Waals surface area contributed by atoms with Crippen LogP contribution in [0.25, 0.3) is 0 Å². The first-order valence-electron chi connectivity index (χ1n) is 11.9. The van der Waals surface area contributed by atoms with Gasteiger partial charge in [0.25, 0.3) is 10.0 Å². The normalized spacial score (nSPS) is 17.5. The lowest BCUT2D eigenvalue weighted by atomic mass is 9.94. The molecule has 0 aromatic heterocycles. The fourth-order valence-corrected chi connectivity index (χ4v) is 6.60. The largest absolute Gasteiger partial charge is 0.292 e. The number of carbonyl (C=O) groups is 1. The van der Waals surface area contributed by atoms with E-state index in [9.17, 15) is 13.2 Å². The van der Waals surface area contributed by atoms with Crippen molar-refractivity contribution in [1.29, 1.82) is 0 Å². The predicted octanol–water partition coefficient (Wildman–Crippen LogP) is 6.40. The minimum absolute atomic E-state index is 0.162. The van der Waals surface area contributed by atoms with E-state index < -0.39 is 22.1 Å². The smallest absolute Gasteiger partial charge is 0.265 e. The van der Waals surface area contributed by atoms with Crippen molar-refractivity contribution >= 4 is 37.6 Å². The molecule has 37 heavy (non-hydrogen) atoms. The molecule has 0 aliphatic carbocycles. The van der Waals surface area contributed by atoms with Crippen LogP contribution in [0.4, 0.5) is 0 Å². The second-order valence-corrected chi connectivity index (χ2v) is 11.7. The lowest BCUT2D eigenvalue weighted by Gasteiger charge is -2.30. The first-order chi connectivity index (χ1) is 17.8. The summed E-state index contributed by atoms with van der Waals surface area (Å²) in [4.78, 5) is 18.9. The molecule has 1 aliphatic rings. The molecule has 186 valence electrons. The standard InChI is InChI=1S/C30H25BrN2O3S/c1-21-15-17-26(18-16-21)37(35,36)33-27(19-22-9-4-2-5-10-22)32-28(29(33)23-11-6-3-7-12-23)30(34)24-13-8-14-25(31)20-24/h2-18,20,28-29H,19H2,1H3/t28-,29+/m0/s1. The molecule has 5 nitrogen and oxygen atoms in total. The van der Waals surface area contributed by atoms with Crippen LogP contribution in [0.2, 0.25) is 0 Å². The van der Waals surface area contributed by atoms with Crippen molar-refractivity contribution in [3.05, 3.63) is 136 Å². The van der Waals surface area contributed by atoms with Crippen LogP contribution in [0.5, 0.6) is 0 Å². The summed E-state index contributed by atoms with van der Waals surface area (Å²) in [5, 5.41) is 0. The van der Waals surface area contributed by atoms with Gasteiger partial charge >= 0.3 is 0 Å². The Hall–Kier alpha value is -3.55. The van der Waals surface area contributed by atoms with Crippen molar-refractivity contribution in [2.45, 2.75) is 30.3 Å². The van der Waals surface area contributed by atoms with E-state index in [0.29, 0.717) is 17.0 Å². The molecule has 1 aliphatic heterocycles. The van der Waals surface area contributed by atoms with E-state index in [1.165, 1.54) is 4.31 Å². The second-order valence-electron chi connectivity index (χ2n) is 9.00. The Labute approximate surface area is 225 Å². The third-order valence-corrected chi connectivity index (χ3v) is 8.71. The maximum atomic E-state index is 14.2. The monoisotopic (exact) mass is 572 g/mol. The van der Waals surface area contributed by atoms with Crippen molar-refractivity contribution < 1.29 is 13.2 Å². The highest BCUT2D eigenvalue weighted by molar-refractivity contribution is 9.10. The zero-order valence-electron chi connectivity index (χ0n) is 20.2. The molecule has 5 rings (SSSR count). The zero-order chi connectivity index (χ0) is 26.0. The van der Waals surface area contributed by atoms with Gasteiger partial charge in [-0.25, -0.2) is 12.7 Å². The van der Waals surface area contributed by atoms with Gasteiger partial charge in [-0.2, -0.15) is 0 Å². The third kappa shape index (κ3) is 5.15. The van der Waals surface area contributed by atoms with Gasteiger partial charge in [0, 0.05) is 16.5 Å². The van der Waals surface area contributed by atoms with E-state index in [1.807, 2.05) is 73.7 Å². The van der Waals surface area contributed by atoms with Crippen molar-refractivity contribution in [3.63, 3.8) is 0 Å². The van der Waals surface area contributed by atoms with Crippen molar-refractivity contribution in [3.8, 4) is 0 Å². The van der Waals surface area contributed by atoms with Crippen LogP contribution in [-0.2, 0) is 16.4 Å². The van der Waals surface area contributed by atoms with E-state index in [2.05, 4.69) is 15.9 Å². The summed E-state index contributed by atoms with van der Waals surface area (Å²) >= 11 is 3.44. The molecule has 4 aromatic carbocycles. The lowest BCUT2D eigenvalue weighted by Crippen LogP contribution is -2.40. The number of hydrogen-bond donors (Lipinski definition) is 0. The average molecular weight is 574 g/mol. The van der Waals surface area contributed by atoms with Gasteiger partial charge in [-0.3, -0.25) is 9.79 Å². The van der Waals surface area contributed by atoms with Crippen LogP contribution < -0.4 is 0 Å². The summed E-state index contributed by atoms with van der Waals surface area (Å²) in [6.45, 7) is 1.91. The Morgan fingerprint density at radius 3 is 2.16 bits per heavy atom. The van der Waals surface area contributed by atoms with Gasteiger partial charge in [0.05, 0.1) is 4.90 Å². The minimum atomic E-state index is -4.04. The van der Waals surface area contributed by atoms with Crippen molar-refractivity contribution in [2.75, 3.05) is 0 Å². The molecule has 7 heteroatoms. The van der Waals surface area contributed by atoms with Crippen LogP contribution in [-0.4, -0.2) is 30.4 Å². The van der Waals surface area contributed by atoms with Gasteiger partial charge in [0.15, 0.2) is 5.78 Å². The summed E-state index contributed by atoms with van der Waals surface area (Å²) in [6.07, 6.45) is 0.275. The number of rotatable bonds is 7. The fourth-order valence-electron chi connectivity index (χ4n) is 4.57. The average Bonchev–Trinajstić information content (AvgIpc) is 3.29. The number of hydrogen-bond acceptors (Lipinski definition) is 4. The van der Waals surface area contributed by atoms with Crippen LogP contribution >= 0.6 is 15.9 Å². The van der Waals surface area contributed by atoms with Crippen LogP contribution in [0, 0.1) is 6.92 Å². The number of Topliss-reactive ketones (excluding diaryl/α,β-unsaturated/α-hetero) is 1. The van der Waals surface area contributed by atoms with Gasteiger partial charge in [0.1, 0.15) is 17.9 Å².